The quantitative estimate of drug-likeness (QED) is 0.262. The van der Waals surface area contributed by atoms with Crippen LogP contribution in [0.15, 0.2) is 89.3 Å². The maximum Gasteiger partial charge on any atom is 0.224 e. The van der Waals surface area contributed by atoms with Crippen LogP contribution in [-0.2, 0) is 0 Å². The number of nitrogens with zero attached hydrogens (tertiary/aromatic N) is 3. The molecule has 0 bridgehead atoms. The Bertz CT molecular complexity index is 1810. The van der Waals surface area contributed by atoms with E-state index in [1.807, 2.05) is 48.5 Å². The van der Waals surface area contributed by atoms with Crippen LogP contribution in [0.25, 0.3) is 60.5 Å². The molecule has 0 aliphatic carbocycles. The fraction of sp³-hybridized carbons (Fsp3) is 0. The van der Waals surface area contributed by atoms with E-state index in [1.54, 1.807) is 0 Å². The van der Waals surface area contributed by atoms with Crippen molar-refractivity contribution in [2.75, 3.05) is 0 Å². The molecule has 7 aromatic rings. The SMILES string of the molecule is Clc1nc(-n2c3ccccc3c3c4oc5ccccc5c4ccc32)c2ccccc2n1. The summed E-state index contributed by atoms with van der Waals surface area (Å²) in [7, 11) is 0. The topological polar surface area (TPSA) is 43.9 Å². The number of hydrogen-bond acceptors (Lipinski definition) is 3. The first kappa shape index (κ1) is 16.9. The van der Waals surface area contributed by atoms with Crippen LogP contribution in [0.4, 0.5) is 0 Å². The molecule has 3 heterocycles. The van der Waals surface area contributed by atoms with E-state index >= 15 is 0 Å². The van der Waals surface area contributed by atoms with Crippen molar-refractivity contribution in [3.05, 3.63) is 90.2 Å². The number of benzene rings is 4. The van der Waals surface area contributed by atoms with Crippen LogP contribution in [0.2, 0.25) is 5.28 Å². The lowest BCUT2D eigenvalue weighted by Crippen LogP contribution is -2.00. The minimum atomic E-state index is 0.226. The molecule has 31 heavy (non-hydrogen) atoms. The van der Waals surface area contributed by atoms with Crippen LogP contribution in [0, 0.1) is 0 Å². The molecule has 0 saturated heterocycles. The molecule has 4 aromatic carbocycles. The molecule has 0 unspecified atom stereocenters. The Morgan fingerprint density at radius 3 is 2.29 bits per heavy atom. The first-order chi connectivity index (χ1) is 15.3. The minimum absolute atomic E-state index is 0.226. The number of para-hydroxylation sites is 3. The van der Waals surface area contributed by atoms with Crippen molar-refractivity contribution in [2.45, 2.75) is 0 Å². The Hall–Kier alpha value is -3.89. The second-order valence-corrected chi connectivity index (χ2v) is 7.96. The lowest BCUT2D eigenvalue weighted by Gasteiger charge is -2.10. The number of hydrogen-bond donors (Lipinski definition) is 0. The van der Waals surface area contributed by atoms with Crippen LogP contribution in [0.3, 0.4) is 0 Å². The number of fused-ring (bicyclic) bond motifs is 8. The van der Waals surface area contributed by atoms with Gasteiger partial charge in [-0.3, -0.25) is 4.57 Å². The van der Waals surface area contributed by atoms with Crippen molar-refractivity contribution in [2.24, 2.45) is 0 Å². The van der Waals surface area contributed by atoms with Crippen LogP contribution in [0.1, 0.15) is 0 Å². The largest absolute Gasteiger partial charge is 0.455 e. The van der Waals surface area contributed by atoms with Crippen molar-refractivity contribution >= 4 is 66.2 Å². The highest BCUT2D eigenvalue weighted by molar-refractivity contribution is 6.29. The molecule has 146 valence electrons. The second kappa shape index (κ2) is 6.06. The van der Waals surface area contributed by atoms with E-state index in [0.717, 1.165) is 60.5 Å². The highest BCUT2D eigenvalue weighted by atomic mass is 35.5. The Labute approximate surface area is 181 Å². The minimum Gasteiger partial charge on any atom is -0.455 e. The summed E-state index contributed by atoms with van der Waals surface area (Å²) < 4.78 is 8.52. The van der Waals surface area contributed by atoms with Gasteiger partial charge >= 0.3 is 0 Å². The van der Waals surface area contributed by atoms with Crippen LogP contribution < -0.4 is 0 Å². The molecule has 0 saturated carbocycles. The third-order valence-corrected chi connectivity index (χ3v) is 6.12. The molecule has 0 radical (unpaired) electrons. The molecule has 0 spiro atoms. The highest BCUT2D eigenvalue weighted by Gasteiger charge is 2.20. The van der Waals surface area contributed by atoms with Gasteiger partial charge in [0.1, 0.15) is 11.2 Å². The summed E-state index contributed by atoms with van der Waals surface area (Å²) >= 11 is 6.34. The normalized spacial score (nSPS) is 12.0. The van der Waals surface area contributed by atoms with Crippen molar-refractivity contribution in [3.63, 3.8) is 0 Å². The van der Waals surface area contributed by atoms with Crippen molar-refractivity contribution in [3.8, 4) is 5.82 Å². The van der Waals surface area contributed by atoms with Crippen LogP contribution in [0.5, 0.6) is 0 Å². The van der Waals surface area contributed by atoms with Gasteiger partial charge in [-0.15, -0.1) is 0 Å². The summed E-state index contributed by atoms with van der Waals surface area (Å²) in [6, 6.07) is 28.7. The third-order valence-electron chi connectivity index (χ3n) is 5.95. The zero-order valence-electron chi connectivity index (χ0n) is 16.2. The van der Waals surface area contributed by atoms with Crippen molar-refractivity contribution in [1.82, 2.24) is 14.5 Å². The standard InChI is InChI=1S/C26H14ClN3O/c27-26-28-19-10-4-1-8-17(19)25(29-26)30-20-11-5-2-9-18(20)23-21(30)14-13-16-15-7-3-6-12-22(15)31-24(16)23/h1-14H. The molecule has 4 nitrogen and oxygen atoms in total. The Kier molecular flexibility index (Phi) is 3.30. The summed E-state index contributed by atoms with van der Waals surface area (Å²) in [6.45, 7) is 0. The lowest BCUT2D eigenvalue weighted by molar-refractivity contribution is 0.673. The number of furan rings is 1. The van der Waals surface area contributed by atoms with Gasteiger partial charge < -0.3 is 4.42 Å². The molecule has 0 atom stereocenters. The molecular formula is C26H14ClN3O. The van der Waals surface area contributed by atoms with Gasteiger partial charge in [0.15, 0.2) is 5.82 Å². The fourth-order valence-corrected chi connectivity index (χ4v) is 4.84. The van der Waals surface area contributed by atoms with Gasteiger partial charge in [0.05, 0.1) is 21.9 Å². The fourth-order valence-electron chi connectivity index (χ4n) is 4.67. The molecule has 0 aliphatic rings. The maximum atomic E-state index is 6.36. The van der Waals surface area contributed by atoms with Gasteiger partial charge in [-0.1, -0.05) is 48.5 Å². The average Bonchev–Trinajstić information content (AvgIpc) is 3.34. The van der Waals surface area contributed by atoms with E-state index in [0.29, 0.717) is 0 Å². The van der Waals surface area contributed by atoms with Crippen molar-refractivity contribution in [1.29, 1.82) is 0 Å². The molecule has 5 heteroatoms. The predicted molar refractivity (Wildman–Crippen MR) is 126 cm³/mol. The molecule has 0 amide bonds. The maximum absolute atomic E-state index is 6.36. The highest BCUT2D eigenvalue weighted by Crippen LogP contribution is 2.40. The Morgan fingerprint density at radius 2 is 1.39 bits per heavy atom. The van der Waals surface area contributed by atoms with E-state index in [-0.39, 0.29) is 5.28 Å². The molecular weight excluding hydrogens is 406 g/mol. The van der Waals surface area contributed by atoms with Gasteiger partial charge in [0.25, 0.3) is 0 Å². The third kappa shape index (κ3) is 2.25. The molecule has 3 aromatic heterocycles. The van der Waals surface area contributed by atoms with Gasteiger partial charge in [-0.2, -0.15) is 4.98 Å². The monoisotopic (exact) mass is 419 g/mol. The summed E-state index contributed by atoms with van der Waals surface area (Å²) in [5, 5.41) is 5.58. The summed E-state index contributed by atoms with van der Waals surface area (Å²) in [6.07, 6.45) is 0. The number of aromatic nitrogens is 3. The smallest absolute Gasteiger partial charge is 0.224 e. The van der Waals surface area contributed by atoms with Gasteiger partial charge in [-0.05, 0) is 48.0 Å². The van der Waals surface area contributed by atoms with E-state index < -0.39 is 0 Å². The average molecular weight is 420 g/mol. The van der Waals surface area contributed by atoms with E-state index in [2.05, 4.69) is 50.9 Å². The van der Waals surface area contributed by atoms with Crippen LogP contribution in [-0.4, -0.2) is 14.5 Å². The number of halogens is 1. The Balaban J connectivity index is 1.73. The van der Waals surface area contributed by atoms with E-state index in [9.17, 15) is 0 Å². The Morgan fingerprint density at radius 1 is 0.645 bits per heavy atom. The molecule has 0 N–H and O–H groups in total. The van der Waals surface area contributed by atoms with E-state index in [1.165, 1.54) is 0 Å². The van der Waals surface area contributed by atoms with Gasteiger partial charge in [-0.25, -0.2) is 4.98 Å². The van der Waals surface area contributed by atoms with Gasteiger partial charge in [0.2, 0.25) is 5.28 Å². The first-order valence-electron chi connectivity index (χ1n) is 10.1. The molecule has 0 fully saturated rings. The summed E-state index contributed by atoms with van der Waals surface area (Å²) in [5.74, 6) is 0.761. The van der Waals surface area contributed by atoms with E-state index in [4.69, 9.17) is 16.0 Å². The summed E-state index contributed by atoms with van der Waals surface area (Å²) in [4.78, 5) is 9.06. The molecule has 7 rings (SSSR count). The number of rotatable bonds is 1. The lowest BCUT2D eigenvalue weighted by atomic mass is 10.1. The zero-order chi connectivity index (χ0) is 20.5. The predicted octanol–water partition coefficient (Wildman–Crippen LogP) is 7.28. The van der Waals surface area contributed by atoms with Crippen molar-refractivity contribution < 1.29 is 4.42 Å². The second-order valence-electron chi connectivity index (χ2n) is 7.62. The summed E-state index contributed by atoms with van der Waals surface area (Å²) in [5.41, 5.74) is 4.65. The zero-order valence-corrected chi connectivity index (χ0v) is 17.0. The van der Waals surface area contributed by atoms with Crippen LogP contribution >= 0.6 is 11.6 Å². The molecule has 0 aliphatic heterocycles. The van der Waals surface area contributed by atoms with Gasteiger partial charge in [0, 0.05) is 21.5 Å². The first-order valence-corrected chi connectivity index (χ1v) is 10.4.